The molecule has 0 saturated heterocycles. The number of nitrogens with one attached hydrogen (secondary N) is 1. The molecule has 0 bridgehead atoms. The maximum atomic E-state index is 14.5. The van der Waals surface area contributed by atoms with Gasteiger partial charge in [-0.1, -0.05) is 116 Å². The molecule has 2 amide bonds. The summed E-state index contributed by atoms with van der Waals surface area (Å²) in [5.41, 5.74) is 6.22. The van der Waals surface area contributed by atoms with Gasteiger partial charge in [-0.15, -0.1) is 0 Å². The maximum Gasteiger partial charge on any atom is 0.249 e. The average Bonchev–Trinajstić information content (AvgIpc) is 3.33. The zero-order valence-electron chi connectivity index (χ0n) is 22.9. The molecule has 7 nitrogen and oxygen atoms in total. The van der Waals surface area contributed by atoms with Gasteiger partial charge >= 0.3 is 0 Å². The molecule has 0 saturated carbocycles. The standard InChI is InChI=1S/C30H29Cl4N3O4S/c1-30(2,3)25-16-19(29(39)36-24(28(35)38)14-17-8-5-4-6-9-17)26(18-12-13-20(31)23(34)15-18)37(25)42(40,41)27-21(32)10-7-11-22(27)33/h4-13,15-16,24-26H,14H2,1-3H3,(H2,35,38)(H,36,39)/t24-,25-,26-/m0/s1. The van der Waals surface area contributed by atoms with Crippen LogP contribution in [0.4, 0.5) is 0 Å². The lowest BCUT2D eigenvalue weighted by molar-refractivity contribution is -0.125. The third-order valence-corrected chi connectivity index (χ3v) is 10.5. The Bertz CT molecular complexity index is 1640. The van der Waals surface area contributed by atoms with Crippen LogP contribution in [0.3, 0.4) is 0 Å². The number of carbonyl (C=O) groups excluding carboxylic acids is 2. The fourth-order valence-corrected chi connectivity index (χ4v) is 8.23. The van der Waals surface area contributed by atoms with Crippen molar-refractivity contribution in [2.24, 2.45) is 11.1 Å². The molecule has 12 heteroatoms. The van der Waals surface area contributed by atoms with Crippen LogP contribution in [0.15, 0.2) is 83.3 Å². The summed E-state index contributed by atoms with van der Waals surface area (Å²) in [5, 5.41) is 3.00. The Hall–Kier alpha value is -2.59. The number of amides is 2. The number of halogens is 4. The molecule has 3 aromatic carbocycles. The van der Waals surface area contributed by atoms with Crippen LogP contribution in [-0.4, -0.2) is 36.6 Å². The van der Waals surface area contributed by atoms with Gasteiger partial charge in [0.25, 0.3) is 0 Å². The van der Waals surface area contributed by atoms with Gasteiger partial charge in [-0.3, -0.25) is 9.59 Å². The molecule has 0 fully saturated rings. The Balaban J connectivity index is 1.88. The number of benzene rings is 3. The number of hydrogen-bond donors (Lipinski definition) is 2. The van der Waals surface area contributed by atoms with Crippen molar-refractivity contribution in [3.05, 3.63) is 110 Å². The topological polar surface area (TPSA) is 110 Å². The first-order chi connectivity index (χ1) is 19.6. The Labute approximate surface area is 265 Å². The third-order valence-electron chi connectivity index (χ3n) is 6.96. The molecule has 0 aliphatic carbocycles. The molecule has 3 atom stereocenters. The van der Waals surface area contributed by atoms with Gasteiger partial charge in [0.1, 0.15) is 10.9 Å². The van der Waals surface area contributed by atoms with E-state index < -0.39 is 45.4 Å². The van der Waals surface area contributed by atoms with Crippen molar-refractivity contribution < 1.29 is 18.0 Å². The molecule has 0 radical (unpaired) electrons. The van der Waals surface area contributed by atoms with Crippen LogP contribution < -0.4 is 11.1 Å². The number of sulfonamides is 1. The molecule has 0 unspecified atom stereocenters. The van der Waals surface area contributed by atoms with Crippen LogP contribution in [0, 0.1) is 5.41 Å². The van der Waals surface area contributed by atoms with Crippen molar-refractivity contribution in [2.75, 3.05) is 0 Å². The van der Waals surface area contributed by atoms with Gasteiger partial charge < -0.3 is 11.1 Å². The van der Waals surface area contributed by atoms with Gasteiger partial charge in [0.2, 0.25) is 21.8 Å². The molecular weight excluding hydrogens is 640 g/mol. The van der Waals surface area contributed by atoms with Crippen molar-refractivity contribution in [2.45, 2.75) is 50.2 Å². The summed E-state index contributed by atoms with van der Waals surface area (Å²) in [5.74, 6) is -1.40. The van der Waals surface area contributed by atoms with Crippen LogP contribution in [0.2, 0.25) is 20.1 Å². The number of nitrogens with zero attached hydrogens (tertiary/aromatic N) is 1. The normalized spacial score (nSPS) is 18.4. The second kappa shape index (κ2) is 12.6. The Morgan fingerprint density at radius 3 is 2.07 bits per heavy atom. The zero-order valence-corrected chi connectivity index (χ0v) is 26.8. The molecular formula is C30H29Cl4N3O4S. The van der Waals surface area contributed by atoms with E-state index in [-0.39, 0.29) is 37.0 Å². The van der Waals surface area contributed by atoms with Crippen LogP contribution >= 0.6 is 46.4 Å². The summed E-state index contributed by atoms with van der Waals surface area (Å²) in [4.78, 5) is 26.1. The molecule has 222 valence electrons. The summed E-state index contributed by atoms with van der Waals surface area (Å²) < 4.78 is 30.1. The number of carbonyl (C=O) groups is 2. The average molecular weight is 669 g/mol. The van der Waals surface area contributed by atoms with E-state index in [1.165, 1.54) is 28.6 Å². The van der Waals surface area contributed by atoms with Crippen molar-refractivity contribution in [1.29, 1.82) is 0 Å². The molecule has 4 rings (SSSR count). The van der Waals surface area contributed by atoms with E-state index >= 15 is 0 Å². The SMILES string of the molecule is CC(C)(C)[C@@H]1C=C(C(=O)N[C@@H](Cc2ccccc2)C(N)=O)[C@H](c2ccc(Cl)c(Cl)c2)N1S(=O)(=O)c1c(Cl)cccc1Cl. The summed E-state index contributed by atoms with van der Waals surface area (Å²) >= 11 is 25.4. The minimum atomic E-state index is -4.44. The van der Waals surface area contributed by atoms with Crippen molar-refractivity contribution >= 4 is 68.2 Å². The van der Waals surface area contributed by atoms with Crippen molar-refractivity contribution in [3.8, 4) is 0 Å². The van der Waals surface area contributed by atoms with Gasteiger partial charge in [-0.05, 0) is 40.8 Å². The summed E-state index contributed by atoms with van der Waals surface area (Å²) in [6, 6.07) is 15.0. The molecule has 3 aromatic rings. The molecule has 0 spiro atoms. The highest BCUT2D eigenvalue weighted by atomic mass is 35.5. The minimum Gasteiger partial charge on any atom is -0.368 e. The van der Waals surface area contributed by atoms with E-state index in [2.05, 4.69) is 5.32 Å². The number of rotatable bonds is 8. The molecule has 0 aromatic heterocycles. The van der Waals surface area contributed by atoms with Crippen LogP contribution in [0.25, 0.3) is 0 Å². The van der Waals surface area contributed by atoms with Gasteiger partial charge in [-0.25, -0.2) is 8.42 Å². The number of hydrogen-bond acceptors (Lipinski definition) is 4. The fraction of sp³-hybridized carbons (Fsp3) is 0.267. The van der Waals surface area contributed by atoms with E-state index in [4.69, 9.17) is 52.1 Å². The summed E-state index contributed by atoms with van der Waals surface area (Å²) in [6.45, 7) is 5.54. The van der Waals surface area contributed by atoms with Crippen LogP contribution in [0.5, 0.6) is 0 Å². The monoisotopic (exact) mass is 667 g/mol. The highest BCUT2D eigenvalue weighted by molar-refractivity contribution is 7.89. The largest absolute Gasteiger partial charge is 0.368 e. The van der Waals surface area contributed by atoms with E-state index in [1.807, 2.05) is 51.1 Å². The first-order valence-electron chi connectivity index (χ1n) is 12.9. The second-order valence-corrected chi connectivity index (χ2v) is 14.4. The molecule has 42 heavy (non-hydrogen) atoms. The quantitative estimate of drug-likeness (QED) is 0.282. The third kappa shape index (κ3) is 6.64. The summed E-state index contributed by atoms with van der Waals surface area (Å²) in [7, 11) is -4.44. The number of nitrogens with two attached hydrogens (primary N) is 1. The smallest absolute Gasteiger partial charge is 0.249 e. The molecule has 1 aliphatic rings. The van der Waals surface area contributed by atoms with Crippen LogP contribution in [0.1, 0.15) is 37.9 Å². The van der Waals surface area contributed by atoms with Gasteiger partial charge in [0.15, 0.2) is 0 Å². The minimum absolute atomic E-state index is 0.0717. The Morgan fingerprint density at radius 2 is 1.52 bits per heavy atom. The fourth-order valence-electron chi connectivity index (χ4n) is 4.91. The molecule has 1 heterocycles. The van der Waals surface area contributed by atoms with Crippen molar-refractivity contribution in [3.63, 3.8) is 0 Å². The van der Waals surface area contributed by atoms with Gasteiger partial charge in [-0.2, -0.15) is 4.31 Å². The lowest BCUT2D eigenvalue weighted by Gasteiger charge is -2.37. The Kier molecular flexibility index (Phi) is 9.67. The lowest BCUT2D eigenvalue weighted by atomic mass is 9.87. The van der Waals surface area contributed by atoms with E-state index in [0.717, 1.165) is 5.56 Å². The van der Waals surface area contributed by atoms with E-state index in [9.17, 15) is 18.0 Å². The second-order valence-electron chi connectivity index (χ2n) is 11.0. The predicted octanol–water partition coefficient (Wildman–Crippen LogP) is 6.60. The maximum absolute atomic E-state index is 14.5. The number of primary amides is 1. The highest BCUT2D eigenvalue weighted by Crippen LogP contribution is 2.48. The zero-order chi connectivity index (χ0) is 31.0. The van der Waals surface area contributed by atoms with E-state index in [0.29, 0.717) is 5.56 Å². The first-order valence-corrected chi connectivity index (χ1v) is 15.9. The first kappa shape index (κ1) is 32.3. The van der Waals surface area contributed by atoms with Gasteiger partial charge in [0, 0.05) is 18.0 Å². The van der Waals surface area contributed by atoms with Gasteiger partial charge in [0.05, 0.1) is 26.1 Å². The Morgan fingerprint density at radius 1 is 0.905 bits per heavy atom. The van der Waals surface area contributed by atoms with Crippen LogP contribution in [-0.2, 0) is 26.0 Å². The lowest BCUT2D eigenvalue weighted by Crippen LogP contribution is -2.48. The highest BCUT2D eigenvalue weighted by Gasteiger charge is 2.50. The van der Waals surface area contributed by atoms with E-state index in [1.54, 1.807) is 18.2 Å². The summed E-state index contributed by atoms with van der Waals surface area (Å²) in [6.07, 6.45) is 1.73. The molecule has 3 N–H and O–H groups in total. The molecule has 1 aliphatic heterocycles. The van der Waals surface area contributed by atoms with Crippen molar-refractivity contribution in [1.82, 2.24) is 9.62 Å². The predicted molar refractivity (Wildman–Crippen MR) is 167 cm³/mol.